The fourth-order valence-corrected chi connectivity index (χ4v) is 3.70. The fraction of sp³-hybridized carbons (Fsp3) is 0.190. The molecule has 0 radical (unpaired) electrons. The number of carbonyl (C=O) groups is 1. The highest BCUT2D eigenvalue weighted by Gasteiger charge is 2.14. The number of aromatic amines is 1. The van der Waals surface area contributed by atoms with Gasteiger partial charge in [0.05, 0.1) is 12.1 Å². The molecule has 0 bridgehead atoms. The lowest BCUT2D eigenvalue weighted by atomic mass is 10.2. The highest BCUT2D eigenvalue weighted by atomic mass is 32.2. The van der Waals surface area contributed by atoms with E-state index in [9.17, 15) is 14.0 Å². The number of hydrogen-bond acceptors (Lipinski definition) is 6. The van der Waals surface area contributed by atoms with Gasteiger partial charge in [0.25, 0.3) is 5.56 Å². The largest absolute Gasteiger partial charge is 0.454 e. The van der Waals surface area contributed by atoms with Crippen LogP contribution < -0.4 is 20.3 Å². The molecule has 1 aliphatic rings. The van der Waals surface area contributed by atoms with Gasteiger partial charge < -0.3 is 19.8 Å². The SMILES string of the molecule is O=C(Cc1cc(=O)[nH]c(SCc2ccc(F)cc2)n1)NCc1ccc2c(c1)OCO2. The Morgan fingerprint density at radius 2 is 1.87 bits per heavy atom. The monoisotopic (exact) mass is 427 g/mol. The predicted molar refractivity (Wildman–Crippen MR) is 109 cm³/mol. The van der Waals surface area contributed by atoms with E-state index >= 15 is 0 Å². The predicted octanol–water partition coefficient (Wildman–Crippen LogP) is 2.79. The Bertz CT molecular complexity index is 1120. The summed E-state index contributed by atoms with van der Waals surface area (Å²) < 4.78 is 23.6. The zero-order valence-corrected chi connectivity index (χ0v) is 16.6. The van der Waals surface area contributed by atoms with Crippen LogP contribution in [-0.4, -0.2) is 22.7 Å². The molecule has 1 aliphatic heterocycles. The number of nitrogens with zero attached hydrogens (tertiary/aromatic N) is 1. The first-order chi connectivity index (χ1) is 14.5. The van der Waals surface area contributed by atoms with Crippen LogP contribution >= 0.6 is 11.8 Å². The number of amides is 1. The molecule has 1 aromatic heterocycles. The lowest BCUT2D eigenvalue weighted by Gasteiger charge is -2.07. The molecule has 0 saturated carbocycles. The first kappa shape index (κ1) is 20.0. The van der Waals surface area contributed by atoms with Gasteiger partial charge in [-0.15, -0.1) is 0 Å². The summed E-state index contributed by atoms with van der Waals surface area (Å²) in [4.78, 5) is 31.2. The van der Waals surface area contributed by atoms with E-state index in [1.165, 1.54) is 30.0 Å². The zero-order valence-electron chi connectivity index (χ0n) is 15.8. The van der Waals surface area contributed by atoms with Crippen LogP contribution in [0.1, 0.15) is 16.8 Å². The van der Waals surface area contributed by atoms with E-state index in [0.717, 1.165) is 11.1 Å². The molecule has 30 heavy (non-hydrogen) atoms. The van der Waals surface area contributed by atoms with E-state index < -0.39 is 0 Å². The number of ether oxygens (including phenoxy) is 2. The maximum absolute atomic E-state index is 13.0. The quantitative estimate of drug-likeness (QED) is 0.445. The minimum absolute atomic E-state index is 0.0153. The van der Waals surface area contributed by atoms with E-state index in [-0.39, 0.29) is 30.5 Å². The first-order valence-corrected chi connectivity index (χ1v) is 10.2. The molecule has 9 heteroatoms. The Kier molecular flexibility index (Phi) is 5.99. The summed E-state index contributed by atoms with van der Waals surface area (Å²) in [6.45, 7) is 0.520. The lowest BCUT2D eigenvalue weighted by molar-refractivity contribution is -0.120. The average molecular weight is 427 g/mol. The molecule has 4 rings (SSSR count). The molecule has 0 unspecified atom stereocenters. The number of halogens is 1. The second-order valence-corrected chi connectivity index (χ2v) is 7.56. The molecule has 1 amide bonds. The molecule has 0 aliphatic carbocycles. The summed E-state index contributed by atoms with van der Waals surface area (Å²) in [5, 5.41) is 3.22. The second kappa shape index (κ2) is 9.00. The molecule has 3 aromatic rings. The van der Waals surface area contributed by atoms with Crippen LogP contribution in [0.3, 0.4) is 0 Å². The minimum atomic E-state index is -0.329. The van der Waals surface area contributed by atoms with E-state index in [1.807, 2.05) is 12.1 Å². The van der Waals surface area contributed by atoms with Crippen molar-refractivity contribution in [3.05, 3.63) is 81.5 Å². The first-order valence-electron chi connectivity index (χ1n) is 9.18. The number of aromatic nitrogens is 2. The van der Waals surface area contributed by atoms with Crippen molar-refractivity contribution in [2.24, 2.45) is 0 Å². The van der Waals surface area contributed by atoms with Crippen LogP contribution in [0.2, 0.25) is 0 Å². The molecule has 0 atom stereocenters. The molecular formula is C21H18FN3O4S. The maximum atomic E-state index is 13.0. The number of carbonyl (C=O) groups excluding carboxylic acids is 1. The van der Waals surface area contributed by atoms with Gasteiger partial charge in [0.1, 0.15) is 5.82 Å². The van der Waals surface area contributed by atoms with Crippen LogP contribution in [0, 0.1) is 5.82 Å². The van der Waals surface area contributed by atoms with Crippen LogP contribution in [-0.2, 0) is 23.5 Å². The molecule has 2 N–H and O–H groups in total. The fourth-order valence-electron chi connectivity index (χ4n) is 2.85. The van der Waals surface area contributed by atoms with Crippen molar-refractivity contribution >= 4 is 17.7 Å². The smallest absolute Gasteiger partial charge is 0.251 e. The Morgan fingerprint density at radius 3 is 2.70 bits per heavy atom. The van der Waals surface area contributed by atoms with Crippen LogP contribution in [0.4, 0.5) is 4.39 Å². The number of fused-ring (bicyclic) bond motifs is 1. The third-order valence-corrected chi connectivity index (χ3v) is 5.27. The van der Waals surface area contributed by atoms with Crippen molar-refractivity contribution < 1.29 is 18.7 Å². The molecule has 2 heterocycles. The average Bonchev–Trinajstić information content (AvgIpc) is 3.19. The number of thioether (sulfide) groups is 1. The van der Waals surface area contributed by atoms with Gasteiger partial charge in [-0.2, -0.15) is 0 Å². The van der Waals surface area contributed by atoms with Gasteiger partial charge >= 0.3 is 0 Å². The second-order valence-electron chi connectivity index (χ2n) is 6.60. The molecule has 0 spiro atoms. The van der Waals surface area contributed by atoms with E-state index in [1.54, 1.807) is 18.2 Å². The highest BCUT2D eigenvalue weighted by molar-refractivity contribution is 7.98. The van der Waals surface area contributed by atoms with Crippen molar-refractivity contribution in [2.75, 3.05) is 6.79 Å². The molecular weight excluding hydrogens is 409 g/mol. The Labute approximate surface area is 175 Å². The van der Waals surface area contributed by atoms with Gasteiger partial charge in [-0.1, -0.05) is 30.0 Å². The third kappa shape index (κ3) is 5.18. The van der Waals surface area contributed by atoms with Gasteiger partial charge in [0.15, 0.2) is 16.7 Å². The van der Waals surface area contributed by atoms with E-state index in [2.05, 4.69) is 15.3 Å². The topological polar surface area (TPSA) is 93.3 Å². The van der Waals surface area contributed by atoms with E-state index in [0.29, 0.717) is 34.6 Å². The number of benzene rings is 2. The van der Waals surface area contributed by atoms with Crippen molar-refractivity contribution in [2.45, 2.75) is 23.9 Å². The molecule has 7 nitrogen and oxygen atoms in total. The Morgan fingerprint density at radius 1 is 1.10 bits per heavy atom. The number of H-pyrrole nitrogens is 1. The van der Waals surface area contributed by atoms with Gasteiger partial charge in [-0.25, -0.2) is 9.37 Å². The van der Waals surface area contributed by atoms with Crippen LogP contribution in [0.25, 0.3) is 0 Å². The van der Waals surface area contributed by atoms with Gasteiger partial charge in [-0.05, 0) is 35.4 Å². The summed E-state index contributed by atoms with van der Waals surface area (Å²) in [5.41, 5.74) is 1.83. The van der Waals surface area contributed by atoms with Crippen LogP contribution in [0.5, 0.6) is 11.5 Å². The third-order valence-electron chi connectivity index (χ3n) is 4.33. The molecule has 2 aromatic carbocycles. The summed E-state index contributed by atoms with van der Waals surface area (Å²) >= 11 is 1.31. The standard InChI is InChI=1S/C21H18FN3O4S/c22-15-4-1-13(2-5-15)11-30-21-24-16(9-20(27)25-21)8-19(26)23-10-14-3-6-17-18(7-14)29-12-28-17/h1-7,9H,8,10-12H2,(H,23,26)(H,24,25,27). The van der Waals surface area contributed by atoms with Gasteiger partial charge in [0.2, 0.25) is 12.7 Å². The lowest BCUT2D eigenvalue weighted by Crippen LogP contribution is -2.25. The number of rotatable bonds is 7. The summed E-state index contributed by atoms with van der Waals surface area (Å²) in [7, 11) is 0. The van der Waals surface area contributed by atoms with Crippen molar-refractivity contribution in [3.8, 4) is 11.5 Å². The maximum Gasteiger partial charge on any atom is 0.251 e. The van der Waals surface area contributed by atoms with Crippen molar-refractivity contribution in [1.29, 1.82) is 0 Å². The molecule has 0 fully saturated rings. The highest BCUT2D eigenvalue weighted by Crippen LogP contribution is 2.32. The summed E-state index contributed by atoms with van der Waals surface area (Å²) in [6, 6.07) is 12.9. The van der Waals surface area contributed by atoms with Crippen LogP contribution in [0.15, 0.2) is 58.5 Å². The molecule has 154 valence electrons. The summed E-state index contributed by atoms with van der Waals surface area (Å²) in [5.74, 6) is 1.30. The normalized spacial score (nSPS) is 12.0. The van der Waals surface area contributed by atoms with Crippen molar-refractivity contribution in [3.63, 3.8) is 0 Å². The number of hydrogen-bond donors (Lipinski definition) is 2. The number of nitrogens with one attached hydrogen (secondary N) is 2. The van der Waals surface area contributed by atoms with E-state index in [4.69, 9.17) is 9.47 Å². The Hall–Kier alpha value is -3.33. The zero-order chi connectivity index (χ0) is 20.9. The summed E-state index contributed by atoms with van der Waals surface area (Å²) in [6.07, 6.45) is -0.0153. The van der Waals surface area contributed by atoms with Gasteiger partial charge in [-0.3, -0.25) is 9.59 Å². The van der Waals surface area contributed by atoms with Crippen molar-refractivity contribution in [1.82, 2.24) is 15.3 Å². The molecule has 0 saturated heterocycles. The Balaban J connectivity index is 1.33. The minimum Gasteiger partial charge on any atom is -0.454 e. The van der Waals surface area contributed by atoms with Gasteiger partial charge in [0, 0.05) is 18.4 Å².